The van der Waals surface area contributed by atoms with Gasteiger partial charge in [-0.1, -0.05) is 213 Å². The lowest BCUT2D eigenvalue weighted by molar-refractivity contribution is -0.167. The molecule has 0 aliphatic carbocycles. The van der Waals surface area contributed by atoms with Crippen molar-refractivity contribution < 1.29 is 28.6 Å². The second-order valence-electron chi connectivity index (χ2n) is 17.0. The quantitative estimate of drug-likeness (QED) is 0.0262. The Balaban J connectivity index is 4.42. The fraction of sp³-hybridized carbons (Fsp3) is 0.617. The zero-order valence-electron chi connectivity index (χ0n) is 42.4. The van der Waals surface area contributed by atoms with Crippen LogP contribution in [0, 0.1) is 0 Å². The van der Waals surface area contributed by atoms with E-state index in [-0.39, 0.29) is 31.1 Å². The number of rotatable bonds is 46. The molecule has 0 saturated carbocycles. The summed E-state index contributed by atoms with van der Waals surface area (Å²) in [5, 5.41) is 0. The zero-order chi connectivity index (χ0) is 47.9. The van der Waals surface area contributed by atoms with Crippen molar-refractivity contribution in [3.8, 4) is 0 Å². The number of carbonyl (C=O) groups is 3. The van der Waals surface area contributed by atoms with Gasteiger partial charge in [-0.3, -0.25) is 14.4 Å². The maximum atomic E-state index is 12.8. The molecule has 0 amide bonds. The van der Waals surface area contributed by atoms with E-state index in [0.29, 0.717) is 25.7 Å². The van der Waals surface area contributed by atoms with E-state index >= 15 is 0 Å². The first-order valence-corrected chi connectivity index (χ1v) is 26.5. The Morgan fingerprint density at radius 2 is 0.591 bits per heavy atom. The third-order valence-corrected chi connectivity index (χ3v) is 10.7. The van der Waals surface area contributed by atoms with Gasteiger partial charge in [-0.15, -0.1) is 0 Å². The van der Waals surface area contributed by atoms with Gasteiger partial charge in [0.25, 0.3) is 0 Å². The molecule has 0 aromatic carbocycles. The Kier molecular flexibility index (Phi) is 50.0. The molecule has 0 heterocycles. The van der Waals surface area contributed by atoms with Crippen molar-refractivity contribution in [2.45, 2.75) is 226 Å². The molecule has 6 nitrogen and oxygen atoms in total. The van der Waals surface area contributed by atoms with Gasteiger partial charge in [0.15, 0.2) is 6.10 Å². The molecule has 0 bridgehead atoms. The van der Waals surface area contributed by atoms with Crippen LogP contribution in [0.25, 0.3) is 0 Å². The number of esters is 3. The summed E-state index contributed by atoms with van der Waals surface area (Å²) in [6.07, 6.45) is 73.4. The lowest BCUT2D eigenvalue weighted by Crippen LogP contribution is -2.30. The van der Waals surface area contributed by atoms with Crippen molar-refractivity contribution in [2.75, 3.05) is 13.2 Å². The van der Waals surface area contributed by atoms with Crippen LogP contribution in [0.4, 0.5) is 0 Å². The van der Waals surface area contributed by atoms with Gasteiger partial charge in [0, 0.05) is 19.3 Å². The van der Waals surface area contributed by atoms with Crippen LogP contribution in [0.2, 0.25) is 0 Å². The van der Waals surface area contributed by atoms with Crippen LogP contribution in [-0.2, 0) is 28.6 Å². The molecule has 0 aliphatic heterocycles. The van der Waals surface area contributed by atoms with Crippen molar-refractivity contribution in [3.05, 3.63) is 122 Å². The second-order valence-corrected chi connectivity index (χ2v) is 17.0. The monoisotopic (exact) mass is 913 g/mol. The number of ether oxygens (including phenoxy) is 3. The normalized spacial score (nSPS) is 13.1. The van der Waals surface area contributed by atoms with E-state index in [9.17, 15) is 14.4 Å². The number of hydrogen-bond acceptors (Lipinski definition) is 6. The second kappa shape index (κ2) is 53.4. The van der Waals surface area contributed by atoms with Crippen LogP contribution in [0.5, 0.6) is 0 Å². The van der Waals surface area contributed by atoms with Gasteiger partial charge in [-0.05, 0) is 109 Å². The zero-order valence-corrected chi connectivity index (χ0v) is 42.4. The Morgan fingerprint density at radius 1 is 0.318 bits per heavy atom. The summed E-state index contributed by atoms with van der Waals surface area (Å²) in [7, 11) is 0. The van der Waals surface area contributed by atoms with Gasteiger partial charge in [0.2, 0.25) is 0 Å². The predicted octanol–water partition coefficient (Wildman–Crippen LogP) is 17.7. The summed E-state index contributed by atoms with van der Waals surface area (Å²) in [5.41, 5.74) is 0. The average Bonchev–Trinajstić information content (AvgIpc) is 3.31. The summed E-state index contributed by atoms with van der Waals surface area (Å²) < 4.78 is 16.7. The van der Waals surface area contributed by atoms with Gasteiger partial charge in [-0.25, -0.2) is 0 Å². The number of hydrogen-bond donors (Lipinski definition) is 0. The highest BCUT2D eigenvalue weighted by Crippen LogP contribution is 2.13. The van der Waals surface area contributed by atoms with E-state index in [0.717, 1.165) is 128 Å². The molecule has 0 aromatic rings. The molecule has 1 unspecified atom stereocenters. The SMILES string of the molecule is CC/C=C\C/C=C\C/C=C\C/C=C\C/C=C\C/C=C\CCCCC(=O)OCC(COC(=O)CCCCCCCCCC)OC(=O)CCCCCCCC/C=C\C/C=C\C/C=C\C/C=C\CC. The van der Waals surface area contributed by atoms with Crippen molar-refractivity contribution in [2.24, 2.45) is 0 Å². The highest BCUT2D eigenvalue weighted by molar-refractivity contribution is 5.71. The van der Waals surface area contributed by atoms with Gasteiger partial charge in [-0.2, -0.15) is 0 Å². The van der Waals surface area contributed by atoms with E-state index in [2.05, 4.69) is 142 Å². The number of carbonyl (C=O) groups excluding carboxylic acids is 3. The topological polar surface area (TPSA) is 78.9 Å². The molecule has 66 heavy (non-hydrogen) atoms. The first-order valence-electron chi connectivity index (χ1n) is 26.5. The summed E-state index contributed by atoms with van der Waals surface area (Å²) in [4.78, 5) is 37.9. The van der Waals surface area contributed by atoms with E-state index < -0.39 is 6.10 Å². The van der Waals surface area contributed by atoms with Crippen molar-refractivity contribution in [1.82, 2.24) is 0 Å². The van der Waals surface area contributed by atoms with Gasteiger partial charge >= 0.3 is 17.9 Å². The number of unbranched alkanes of at least 4 members (excludes halogenated alkanes) is 15. The Labute approximate surface area is 405 Å². The molecular weight excluding hydrogens is 817 g/mol. The minimum atomic E-state index is -0.804. The lowest BCUT2D eigenvalue weighted by atomic mass is 10.1. The van der Waals surface area contributed by atoms with E-state index in [1.165, 1.54) is 44.9 Å². The Bertz CT molecular complexity index is 1420. The molecular formula is C60H96O6. The molecule has 0 spiro atoms. The molecule has 0 aromatic heterocycles. The van der Waals surface area contributed by atoms with Crippen molar-refractivity contribution in [3.63, 3.8) is 0 Å². The molecule has 0 saturated heterocycles. The average molecular weight is 913 g/mol. The minimum absolute atomic E-state index is 0.100. The first kappa shape index (κ1) is 61.8. The molecule has 6 heteroatoms. The highest BCUT2D eigenvalue weighted by atomic mass is 16.6. The largest absolute Gasteiger partial charge is 0.462 e. The Morgan fingerprint density at radius 3 is 0.955 bits per heavy atom. The highest BCUT2D eigenvalue weighted by Gasteiger charge is 2.19. The standard InChI is InChI=1S/C60H96O6/c1-4-7-10-13-16-19-21-23-25-27-29-30-32-33-35-37-39-41-44-47-50-53-59(62)65-56-57(55-64-58(61)52-49-46-43-18-15-12-9-6-3)66-60(63)54-51-48-45-42-40-38-36-34-31-28-26-24-22-20-17-14-11-8-5-2/h7-8,10-11,16-17,19-20,23-26,29-31,33-35,39,41,57H,4-6,9,12-15,18,21-22,27-28,32,36-38,40,42-56H2,1-3H3/b10-7-,11-8-,19-16-,20-17-,25-23-,26-24-,30-29-,34-31-,35-33-,41-39-. The minimum Gasteiger partial charge on any atom is -0.462 e. The third kappa shape index (κ3) is 50.8. The summed E-state index contributed by atoms with van der Waals surface area (Å²) in [5.74, 6) is -0.971. The van der Waals surface area contributed by atoms with E-state index in [1.54, 1.807) is 0 Å². The molecule has 372 valence electrons. The molecule has 0 rings (SSSR count). The maximum Gasteiger partial charge on any atom is 0.306 e. The van der Waals surface area contributed by atoms with E-state index in [4.69, 9.17) is 14.2 Å². The predicted molar refractivity (Wildman–Crippen MR) is 283 cm³/mol. The van der Waals surface area contributed by atoms with Crippen molar-refractivity contribution in [1.29, 1.82) is 0 Å². The summed E-state index contributed by atoms with van der Waals surface area (Å²) in [6, 6.07) is 0. The van der Waals surface area contributed by atoms with Gasteiger partial charge in [0.05, 0.1) is 0 Å². The summed E-state index contributed by atoms with van der Waals surface area (Å²) in [6.45, 7) is 6.32. The summed E-state index contributed by atoms with van der Waals surface area (Å²) >= 11 is 0. The maximum absolute atomic E-state index is 12.8. The van der Waals surface area contributed by atoms with Gasteiger partial charge < -0.3 is 14.2 Å². The van der Waals surface area contributed by atoms with Crippen LogP contribution >= 0.6 is 0 Å². The number of allylic oxidation sites excluding steroid dienone is 20. The molecule has 0 radical (unpaired) electrons. The molecule has 0 fully saturated rings. The van der Waals surface area contributed by atoms with Crippen LogP contribution < -0.4 is 0 Å². The first-order chi connectivity index (χ1) is 32.5. The van der Waals surface area contributed by atoms with Crippen LogP contribution in [0.3, 0.4) is 0 Å². The molecule has 0 N–H and O–H groups in total. The lowest BCUT2D eigenvalue weighted by Gasteiger charge is -2.18. The van der Waals surface area contributed by atoms with Crippen LogP contribution in [0.15, 0.2) is 122 Å². The third-order valence-electron chi connectivity index (χ3n) is 10.7. The smallest absolute Gasteiger partial charge is 0.306 e. The Hall–Kier alpha value is -4.19. The van der Waals surface area contributed by atoms with Gasteiger partial charge in [0.1, 0.15) is 13.2 Å². The molecule has 0 aliphatic rings. The van der Waals surface area contributed by atoms with Crippen LogP contribution in [-0.4, -0.2) is 37.2 Å². The fourth-order valence-electron chi connectivity index (χ4n) is 6.79. The van der Waals surface area contributed by atoms with Crippen LogP contribution in [0.1, 0.15) is 220 Å². The fourth-order valence-corrected chi connectivity index (χ4v) is 6.79. The van der Waals surface area contributed by atoms with Crippen molar-refractivity contribution >= 4 is 17.9 Å². The van der Waals surface area contributed by atoms with E-state index in [1.807, 2.05) is 0 Å². The molecule has 1 atom stereocenters.